The third-order valence-corrected chi connectivity index (χ3v) is 7.86. The molecule has 1 aliphatic rings. The summed E-state index contributed by atoms with van der Waals surface area (Å²) in [6, 6.07) is 13.4. The van der Waals surface area contributed by atoms with Crippen molar-refractivity contribution in [3.8, 4) is 0 Å². The van der Waals surface area contributed by atoms with E-state index in [0.29, 0.717) is 11.3 Å². The van der Waals surface area contributed by atoms with E-state index in [-0.39, 0.29) is 35.7 Å². The van der Waals surface area contributed by atoms with Crippen molar-refractivity contribution in [2.45, 2.75) is 37.1 Å². The van der Waals surface area contributed by atoms with E-state index in [1.165, 1.54) is 16.4 Å². The Balaban J connectivity index is 1.50. The quantitative estimate of drug-likeness (QED) is 0.615. The van der Waals surface area contributed by atoms with Gasteiger partial charge in [-0.25, -0.2) is 8.42 Å². The van der Waals surface area contributed by atoms with Gasteiger partial charge in [-0.05, 0) is 76.3 Å². The molecule has 0 atom stereocenters. The number of anilines is 1. The number of hydrogen-bond acceptors (Lipinski definition) is 5. The maximum atomic E-state index is 13.0. The average molecular weight is 473 g/mol. The van der Waals surface area contributed by atoms with Crippen LogP contribution in [0.4, 0.5) is 5.69 Å². The highest BCUT2D eigenvalue weighted by molar-refractivity contribution is 7.89. The highest BCUT2D eigenvalue weighted by atomic mass is 32.2. The standard InChI is InChI=1S/C24H32N4O4S/c1-18-5-4-6-19(17-18)24(30)25-14-11-23(29)26-20-7-9-22(10-8-20)33(31,32)28(3)21-12-15-27(2)16-13-21/h4-10,17,21H,11-16H2,1-3H3,(H,25,30)(H,26,29). The highest BCUT2D eigenvalue weighted by Crippen LogP contribution is 2.23. The minimum absolute atomic E-state index is 0.0133. The molecule has 1 heterocycles. The second-order valence-electron chi connectivity index (χ2n) is 8.50. The Morgan fingerprint density at radius 1 is 1.09 bits per heavy atom. The summed E-state index contributed by atoms with van der Waals surface area (Å²) in [4.78, 5) is 26.8. The lowest BCUT2D eigenvalue weighted by Crippen LogP contribution is -2.44. The zero-order chi connectivity index (χ0) is 24.0. The molecular formula is C24H32N4O4S. The third-order valence-electron chi connectivity index (χ3n) is 5.94. The van der Waals surface area contributed by atoms with Crippen LogP contribution in [0.3, 0.4) is 0 Å². The molecule has 2 amide bonds. The molecule has 0 aliphatic carbocycles. The molecule has 8 nitrogen and oxygen atoms in total. The van der Waals surface area contributed by atoms with Crippen LogP contribution in [-0.2, 0) is 14.8 Å². The Labute approximate surface area is 196 Å². The molecule has 3 rings (SSSR count). The van der Waals surface area contributed by atoms with Crippen molar-refractivity contribution < 1.29 is 18.0 Å². The summed E-state index contributed by atoms with van der Waals surface area (Å²) in [5, 5.41) is 5.47. The first-order chi connectivity index (χ1) is 15.7. The molecule has 0 unspecified atom stereocenters. The molecule has 0 aromatic heterocycles. The SMILES string of the molecule is Cc1cccc(C(=O)NCCC(=O)Nc2ccc(S(=O)(=O)N(C)C3CCN(C)CC3)cc2)c1. The zero-order valence-electron chi connectivity index (χ0n) is 19.4. The third kappa shape index (κ3) is 6.63. The van der Waals surface area contributed by atoms with Gasteiger partial charge in [0.2, 0.25) is 15.9 Å². The van der Waals surface area contributed by atoms with Crippen LogP contribution in [0.15, 0.2) is 53.4 Å². The van der Waals surface area contributed by atoms with Crippen LogP contribution in [0.25, 0.3) is 0 Å². The number of piperidine rings is 1. The predicted molar refractivity (Wildman–Crippen MR) is 129 cm³/mol. The molecule has 0 spiro atoms. The van der Waals surface area contributed by atoms with Gasteiger partial charge >= 0.3 is 0 Å². The van der Waals surface area contributed by atoms with Gasteiger partial charge in [-0.2, -0.15) is 4.31 Å². The topological polar surface area (TPSA) is 98.8 Å². The van der Waals surface area contributed by atoms with Crippen LogP contribution in [-0.4, -0.2) is 69.2 Å². The van der Waals surface area contributed by atoms with Gasteiger partial charge in [-0.3, -0.25) is 9.59 Å². The molecule has 2 aromatic rings. The minimum atomic E-state index is -3.60. The lowest BCUT2D eigenvalue weighted by atomic mass is 10.1. The van der Waals surface area contributed by atoms with Gasteiger partial charge < -0.3 is 15.5 Å². The highest BCUT2D eigenvalue weighted by Gasteiger charge is 2.30. The van der Waals surface area contributed by atoms with Crippen molar-refractivity contribution >= 4 is 27.5 Å². The molecule has 2 aromatic carbocycles. The summed E-state index contributed by atoms with van der Waals surface area (Å²) in [7, 11) is 0.0686. The fourth-order valence-electron chi connectivity index (χ4n) is 3.83. The second kappa shape index (κ2) is 10.9. The van der Waals surface area contributed by atoms with E-state index < -0.39 is 10.0 Å². The van der Waals surface area contributed by atoms with E-state index in [9.17, 15) is 18.0 Å². The van der Waals surface area contributed by atoms with Crippen molar-refractivity contribution in [3.05, 3.63) is 59.7 Å². The first-order valence-electron chi connectivity index (χ1n) is 11.1. The molecule has 1 saturated heterocycles. The monoisotopic (exact) mass is 472 g/mol. The number of rotatable bonds is 8. The van der Waals surface area contributed by atoms with Crippen molar-refractivity contribution in [2.75, 3.05) is 39.0 Å². The predicted octanol–water partition coefficient (Wildman–Crippen LogP) is 2.47. The van der Waals surface area contributed by atoms with Crippen LogP contribution in [0.5, 0.6) is 0 Å². The van der Waals surface area contributed by atoms with Gasteiger partial charge in [0, 0.05) is 37.3 Å². The summed E-state index contributed by atoms with van der Waals surface area (Å²) in [6.07, 6.45) is 1.72. The number of nitrogens with zero attached hydrogens (tertiary/aromatic N) is 2. The van der Waals surface area contributed by atoms with Gasteiger partial charge in [0.05, 0.1) is 4.90 Å². The molecule has 33 heavy (non-hydrogen) atoms. The number of carbonyl (C=O) groups is 2. The zero-order valence-corrected chi connectivity index (χ0v) is 20.2. The number of likely N-dealkylation sites (tertiary alicyclic amines) is 1. The van der Waals surface area contributed by atoms with E-state index in [0.717, 1.165) is 31.5 Å². The number of aryl methyl sites for hydroxylation is 1. The van der Waals surface area contributed by atoms with E-state index in [1.54, 1.807) is 31.3 Å². The van der Waals surface area contributed by atoms with Crippen molar-refractivity contribution in [1.29, 1.82) is 0 Å². The number of benzene rings is 2. The fraction of sp³-hybridized carbons (Fsp3) is 0.417. The van der Waals surface area contributed by atoms with E-state index in [2.05, 4.69) is 15.5 Å². The number of amides is 2. The maximum Gasteiger partial charge on any atom is 0.251 e. The first kappa shape index (κ1) is 24.9. The first-order valence-corrected chi connectivity index (χ1v) is 12.5. The van der Waals surface area contributed by atoms with Gasteiger partial charge in [-0.1, -0.05) is 17.7 Å². The summed E-state index contributed by atoms with van der Waals surface area (Å²) >= 11 is 0. The molecule has 0 radical (unpaired) electrons. The smallest absolute Gasteiger partial charge is 0.251 e. The van der Waals surface area contributed by atoms with Crippen LogP contribution in [0.1, 0.15) is 35.2 Å². The van der Waals surface area contributed by atoms with E-state index in [4.69, 9.17) is 0 Å². The molecule has 1 fully saturated rings. The molecule has 0 saturated carbocycles. The largest absolute Gasteiger partial charge is 0.352 e. The average Bonchev–Trinajstić information content (AvgIpc) is 2.79. The van der Waals surface area contributed by atoms with Crippen LogP contribution in [0, 0.1) is 6.92 Å². The summed E-state index contributed by atoms with van der Waals surface area (Å²) in [5.74, 6) is -0.492. The Bertz CT molecular complexity index is 1080. The Morgan fingerprint density at radius 2 is 1.76 bits per heavy atom. The summed E-state index contributed by atoms with van der Waals surface area (Å²) in [6.45, 7) is 3.86. The number of sulfonamides is 1. The van der Waals surface area contributed by atoms with E-state index >= 15 is 0 Å². The van der Waals surface area contributed by atoms with Gasteiger partial charge in [0.15, 0.2) is 0 Å². The maximum absolute atomic E-state index is 13.0. The van der Waals surface area contributed by atoms with Crippen LogP contribution < -0.4 is 10.6 Å². The second-order valence-corrected chi connectivity index (χ2v) is 10.5. The summed E-state index contributed by atoms with van der Waals surface area (Å²) < 4.78 is 27.4. The van der Waals surface area contributed by atoms with Crippen LogP contribution >= 0.6 is 0 Å². The molecule has 1 aliphatic heterocycles. The Kier molecular flexibility index (Phi) is 8.23. The van der Waals surface area contributed by atoms with Gasteiger partial charge in [0.1, 0.15) is 0 Å². The summed E-state index contributed by atoms with van der Waals surface area (Å²) in [5.41, 5.74) is 2.05. The van der Waals surface area contributed by atoms with Gasteiger partial charge in [-0.15, -0.1) is 0 Å². The minimum Gasteiger partial charge on any atom is -0.352 e. The van der Waals surface area contributed by atoms with Crippen molar-refractivity contribution in [2.24, 2.45) is 0 Å². The number of hydrogen-bond donors (Lipinski definition) is 2. The Morgan fingerprint density at radius 3 is 2.39 bits per heavy atom. The van der Waals surface area contributed by atoms with Crippen molar-refractivity contribution in [3.63, 3.8) is 0 Å². The normalized spacial score (nSPS) is 15.4. The molecule has 0 bridgehead atoms. The molecule has 178 valence electrons. The molecular weight excluding hydrogens is 440 g/mol. The van der Waals surface area contributed by atoms with Crippen molar-refractivity contribution in [1.82, 2.24) is 14.5 Å². The molecule has 2 N–H and O–H groups in total. The lowest BCUT2D eigenvalue weighted by molar-refractivity contribution is -0.116. The Hall–Kier alpha value is -2.75. The van der Waals surface area contributed by atoms with Crippen LogP contribution in [0.2, 0.25) is 0 Å². The fourth-order valence-corrected chi connectivity index (χ4v) is 5.25. The van der Waals surface area contributed by atoms with Gasteiger partial charge in [0.25, 0.3) is 5.91 Å². The molecule has 9 heteroatoms. The number of nitrogens with one attached hydrogen (secondary N) is 2. The lowest BCUT2D eigenvalue weighted by Gasteiger charge is -2.34. The number of carbonyl (C=O) groups excluding carboxylic acids is 2. The van der Waals surface area contributed by atoms with E-state index in [1.807, 2.05) is 26.1 Å².